The number of hydrogen-bond donors (Lipinski definition) is 0. The van der Waals surface area contributed by atoms with Crippen LogP contribution in [0, 0.1) is 17.2 Å². The number of rotatable bonds is 3. The van der Waals surface area contributed by atoms with Gasteiger partial charge in [-0.1, -0.05) is 30.3 Å². The van der Waals surface area contributed by atoms with Crippen LogP contribution in [0.3, 0.4) is 0 Å². The van der Waals surface area contributed by atoms with E-state index in [1.54, 1.807) is 0 Å². The lowest BCUT2D eigenvalue weighted by molar-refractivity contribution is -0.120. The number of ketones is 1. The van der Waals surface area contributed by atoms with Gasteiger partial charge in [0.05, 0.1) is 6.07 Å². The van der Waals surface area contributed by atoms with Crippen LogP contribution in [-0.2, 0) is 4.79 Å². The summed E-state index contributed by atoms with van der Waals surface area (Å²) < 4.78 is 0. The van der Waals surface area contributed by atoms with Crippen LogP contribution in [0.4, 0.5) is 0 Å². The maximum atomic E-state index is 11.7. The Hall–Kier alpha value is -1.62. The predicted octanol–water partition coefficient (Wildman–Crippen LogP) is 2.27. The van der Waals surface area contributed by atoms with E-state index in [0.29, 0.717) is 0 Å². The van der Waals surface area contributed by atoms with Gasteiger partial charge >= 0.3 is 0 Å². The van der Waals surface area contributed by atoms with Gasteiger partial charge in [-0.15, -0.1) is 0 Å². The van der Waals surface area contributed by atoms with Gasteiger partial charge in [-0.2, -0.15) is 5.26 Å². The second-order valence-corrected chi connectivity index (χ2v) is 3.65. The molecule has 1 unspecified atom stereocenters. The van der Waals surface area contributed by atoms with Crippen molar-refractivity contribution in [3.63, 3.8) is 0 Å². The molecule has 1 fully saturated rings. The summed E-state index contributed by atoms with van der Waals surface area (Å²) in [5, 5.41) is 8.96. The van der Waals surface area contributed by atoms with Gasteiger partial charge in [-0.05, 0) is 18.4 Å². The number of benzene rings is 1. The second-order valence-electron chi connectivity index (χ2n) is 3.65. The van der Waals surface area contributed by atoms with Gasteiger partial charge in [0.1, 0.15) is 5.92 Å². The van der Waals surface area contributed by atoms with Gasteiger partial charge in [-0.25, -0.2) is 0 Å². The number of nitriles is 1. The van der Waals surface area contributed by atoms with Crippen LogP contribution in [0.25, 0.3) is 0 Å². The van der Waals surface area contributed by atoms with Gasteiger partial charge in [0.2, 0.25) is 0 Å². The number of hydrogen-bond acceptors (Lipinski definition) is 2. The van der Waals surface area contributed by atoms with E-state index in [0.717, 1.165) is 18.4 Å². The first-order valence-electron chi connectivity index (χ1n) is 4.81. The molecule has 1 aromatic rings. The Morgan fingerprint density at radius 1 is 1.36 bits per heavy atom. The minimum absolute atomic E-state index is 0.0960. The molecule has 14 heavy (non-hydrogen) atoms. The molecule has 1 aliphatic rings. The lowest BCUT2D eigenvalue weighted by atomic mass is 9.94. The molecule has 1 saturated carbocycles. The zero-order chi connectivity index (χ0) is 9.97. The Bertz CT molecular complexity index is 373. The third kappa shape index (κ3) is 1.67. The van der Waals surface area contributed by atoms with Crippen molar-refractivity contribution < 1.29 is 4.79 Å². The Balaban J connectivity index is 2.22. The molecule has 0 aromatic heterocycles. The third-order valence-corrected chi connectivity index (χ3v) is 2.53. The van der Waals surface area contributed by atoms with Crippen LogP contribution >= 0.6 is 0 Å². The van der Waals surface area contributed by atoms with Crippen molar-refractivity contribution >= 4 is 5.78 Å². The largest absolute Gasteiger partial charge is 0.298 e. The summed E-state index contributed by atoms with van der Waals surface area (Å²) >= 11 is 0. The molecule has 1 atom stereocenters. The average Bonchev–Trinajstić information content (AvgIpc) is 3.03. The fourth-order valence-electron chi connectivity index (χ4n) is 1.55. The molecule has 0 radical (unpaired) electrons. The van der Waals surface area contributed by atoms with Gasteiger partial charge in [0, 0.05) is 5.92 Å². The molecule has 0 bridgehead atoms. The minimum Gasteiger partial charge on any atom is -0.298 e. The monoisotopic (exact) mass is 185 g/mol. The summed E-state index contributed by atoms with van der Waals surface area (Å²) in [6.07, 6.45) is 1.92. The van der Waals surface area contributed by atoms with Crippen molar-refractivity contribution in [3.05, 3.63) is 35.9 Å². The summed E-state index contributed by atoms with van der Waals surface area (Å²) in [5.41, 5.74) is 0.826. The first kappa shape index (κ1) is 8.96. The van der Waals surface area contributed by atoms with Crippen molar-refractivity contribution in [1.29, 1.82) is 5.26 Å². The molecule has 2 rings (SSSR count). The highest BCUT2D eigenvalue weighted by Crippen LogP contribution is 2.35. The van der Waals surface area contributed by atoms with E-state index in [9.17, 15) is 4.79 Å². The van der Waals surface area contributed by atoms with E-state index in [2.05, 4.69) is 6.07 Å². The molecule has 0 saturated heterocycles. The molecule has 70 valence electrons. The number of nitrogens with zero attached hydrogens (tertiary/aromatic N) is 1. The second kappa shape index (κ2) is 3.63. The number of carbonyl (C=O) groups is 1. The molecule has 0 N–H and O–H groups in total. The maximum absolute atomic E-state index is 11.7. The molecular weight excluding hydrogens is 174 g/mol. The van der Waals surface area contributed by atoms with Crippen LogP contribution < -0.4 is 0 Å². The van der Waals surface area contributed by atoms with Crippen molar-refractivity contribution in [3.8, 4) is 6.07 Å². The molecule has 1 aromatic carbocycles. The Labute approximate surface area is 83.2 Å². The molecule has 2 nitrogen and oxygen atoms in total. The zero-order valence-electron chi connectivity index (χ0n) is 7.81. The minimum atomic E-state index is -0.552. The smallest absolute Gasteiger partial charge is 0.157 e. The number of carbonyl (C=O) groups excluding carboxylic acids is 1. The first-order chi connectivity index (χ1) is 6.83. The fraction of sp³-hybridized carbons (Fsp3) is 0.333. The van der Waals surface area contributed by atoms with Crippen molar-refractivity contribution in [1.82, 2.24) is 0 Å². The maximum Gasteiger partial charge on any atom is 0.157 e. The standard InChI is InChI=1S/C12H11NO/c13-8-11(12(14)10-6-7-10)9-4-2-1-3-5-9/h1-5,10-11H,6-7H2. The molecule has 0 heterocycles. The molecule has 0 amide bonds. The van der Waals surface area contributed by atoms with Gasteiger partial charge < -0.3 is 0 Å². The van der Waals surface area contributed by atoms with Gasteiger partial charge in [0.15, 0.2) is 5.78 Å². The first-order valence-corrected chi connectivity index (χ1v) is 4.81. The molecule has 0 aliphatic heterocycles. The predicted molar refractivity (Wildman–Crippen MR) is 52.5 cm³/mol. The van der Waals surface area contributed by atoms with E-state index in [1.807, 2.05) is 30.3 Å². The average molecular weight is 185 g/mol. The highest BCUT2D eigenvalue weighted by Gasteiger charge is 2.35. The van der Waals surface area contributed by atoms with Crippen molar-refractivity contribution in [2.75, 3.05) is 0 Å². The molecular formula is C12H11NO. The quantitative estimate of drug-likeness (QED) is 0.724. The van der Waals surface area contributed by atoms with E-state index in [-0.39, 0.29) is 11.7 Å². The Kier molecular flexibility index (Phi) is 2.32. The fourth-order valence-corrected chi connectivity index (χ4v) is 1.55. The summed E-state index contributed by atoms with van der Waals surface area (Å²) in [6, 6.07) is 11.4. The molecule has 1 aliphatic carbocycles. The lowest BCUT2D eigenvalue weighted by Gasteiger charge is -2.06. The summed E-state index contributed by atoms with van der Waals surface area (Å²) in [5.74, 6) is -0.303. The highest BCUT2D eigenvalue weighted by molar-refractivity contribution is 5.91. The van der Waals surface area contributed by atoms with Gasteiger partial charge in [-0.3, -0.25) is 4.79 Å². The van der Waals surface area contributed by atoms with E-state index < -0.39 is 5.92 Å². The van der Waals surface area contributed by atoms with E-state index in [4.69, 9.17) is 5.26 Å². The Morgan fingerprint density at radius 3 is 2.50 bits per heavy atom. The van der Waals surface area contributed by atoms with Crippen LogP contribution in [-0.4, -0.2) is 5.78 Å². The van der Waals surface area contributed by atoms with Crippen LogP contribution in [0.5, 0.6) is 0 Å². The van der Waals surface area contributed by atoms with Crippen LogP contribution in [0.2, 0.25) is 0 Å². The topological polar surface area (TPSA) is 40.9 Å². The Morgan fingerprint density at radius 2 is 2.00 bits per heavy atom. The summed E-state index contributed by atoms with van der Waals surface area (Å²) in [4.78, 5) is 11.7. The van der Waals surface area contributed by atoms with Crippen LogP contribution in [0.1, 0.15) is 24.3 Å². The van der Waals surface area contributed by atoms with Crippen molar-refractivity contribution in [2.45, 2.75) is 18.8 Å². The van der Waals surface area contributed by atoms with Crippen molar-refractivity contribution in [2.24, 2.45) is 5.92 Å². The summed E-state index contributed by atoms with van der Waals surface area (Å²) in [7, 11) is 0. The number of Topliss-reactive ketones (excluding diaryl/α,β-unsaturated/α-hetero) is 1. The lowest BCUT2D eigenvalue weighted by Crippen LogP contribution is -2.12. The molecule has 0 spiro atoms. The normalized spacial score (nSPS) is 17.1. The van der Waals surface area contributed by atoms with Gasteiger partial charge in [0.25, 0.3) is 0 Å². The zero-order valence-corrected chi connectivity index (χ0v) is 7.81. The molecule has 2 heteroatoms. The van der Waals surface area contributed by atoms with Crippen LogP contribution in [0.15, 0.2) is 30.3 Å². The van der Waals surface area contributed by atoms with E-state index in [1.165, 1.54) is 0 Å². The summed E-state index contributed by atoms with van der Waals surface area (Å²) in [6.45, 7) is 0. The van der Waals surface area contributed by atoms with E-state index >= 15 is 0 Å². The third-order valence-electron chi connectivity index (χ3n) is 2.53. The SMILES string of the molecule is N#CC(C(=O)C1CC1)c1ccccc1. The highest BCUT2D eigenvalue weighted by atomic mass is 16.1.